The van der Waals surface area contributed by atoms with Crippen LogP contribution >= 0.6 is 11.6 Å². The summed E-state index contributed by atoms with van der Waals surface area (Å²) in [5, 5.41) is 3.93. The SMILES string of the molecule is O=C(NCC(Cl)C1CC1)c1ccc2ncccc2c1. The summed E-state index contributed by atoms with van der Waals surface area (Å²) in [5.74, 6) is 0.514. The second-order valence-electron chi connectivity index (χ2n) is 4.97. The minimum atomic E-state index is -0.0722. The summed E-state index contributed by atoms with van der Waals surface area (Å²) in [4.78, 5) is 16.3. The van der Waals surface area contributed by atoms with Crippen LogP contribution in [0.4, 0.5) is 0 Å². The summed E-state index contributed by atoms with van der Waals surface area (Å²) in [6.45, 7) is 0.538. The van der Waals surface area contributed by atoms with Crippen molar-refractivity contribution in [2.24, 2.45) is 5.92 Å². The van der Waals surface area contributed by atoms with Gasteiger partial charge >= 0.3 is 0 Å². The van der Waals surface area contributed by atoms with Gasteiger partial charge < -0.3 is 5.32 Å². The van der Waals surface area contributed by atoms with Crippen LogP contribution in [0.5, 0.6) is 0 Å². The van der Waals surface area contributed by atoms with E-state index < -0.39 is 0 Å². The number of amides is 1. The predicted molar refractivity (Wildman–Crippen MR) is 76.4 cm³/mol. The van der Waals surface area contributed by atoms with E-state index in [0.29, 0.717) is 18.0 Å². The van der Waals surface area contributed by atoms with E-state index in [1.807, 2.05) is 24.3 Å². The van der Waals surface area contributed by atoms with Crippen molar-refractivity contribution < 1.29 is 4.79 Å². The molecule has 2 aromatic rings. The van der Waals surface area contributed by atoms with Crippen LogP contribution in [0.3, 0.4) is 0 Å². The number of hydrogen-bond acceptors (Lipinski definition) is 2. The maximum Gasteiger partial charge on any atom is 0.251 e. The molecule has 1 aromatic heterocycles. The minimum absolute atomic E-state index is 0.0612. The van der Waals surface area contributed by atoms with Crippen LogP contribution in [0.25, 0.3) is 10.9 Å². The highest BCUT2D eigenvalue weighted by Gasteiger charge is 2.29. The number of nitrogens with zero attached hydrogens (tertiary/aromatic N) is 1. The van der Waals surface area contributed by atoms with Crippen molar-refractivity contribution in [1.29, 1.82) is 0 Å². The summed E-state index contributed by atoms with van der Waals surface area (Å²) in [6, 6.07) is 9.34. The molecule has 1 saturated carbocycles. The molecule has 1 amide bonds. The van der Waals surface area contributed by atoms with Crippen LogP contribution in [-0.4, -0.2) is 22.8 Å². The molecule has 1 N–H and O–H groups in total. The average molecular weight is 275 g/mol. The Labute approximate surface area is 117 Å². The highest BCUT2D eigenvalue weighted by atomic mass is 35.5. The normalized spacial score (nSPS) is 16.3. The summed E-state index contributed by atoms with van der Waals surface area (Å²) in [6.07, 6.45) is 4.12. The molecular weight excluding hydrogens is 260 g/mol. The Balaban J connectivity index is 1.70. The second-order valence-corrected chi connectivity index (χ2v) is 5.53. The number of halogens is 1. The zero-order valence-corrected chi connectivity index (χ0v) is 11.2. The molecule has 0 spiro atoms. The zero-order chi connectivity index (χ0) is 13.2. The lowest BCUT2D eigenvalue weighted by Crippen LogP contribution is -2.30. The van der Waals surface area contributed by atoms with E-state index in [4.69, 9.17) is 11.6 Å². The van der Waals surface area contributed by atoms with Crippen molar-refractivity contribution >= 4 is 28.4 Å². The number of aromatic nitrogens is 1. The van der Waals surface area contributed by atoms with Gasteiger partial charge in [0.25, 0.3) is 5.91 Å². The van der Waals surface area contributed by atoms with Crippen molar-refractivity contribution in [3.05, 3.63) is 42.1 Å². The smallest absolute Gasteiger partial charge is 0.251 e. The van der Waals surface area contributed by atoms with E-state index >= 15 is 0 Å². The molecule has 1 heterocycles. The number of carbonyl (C=O) groups is 1. The highest BCUT2D eigenvalue weighted by Crippen LogP contribution is 2.35. The molecule has 1 aliphatic rings. The van der Waals surface area contributed by atoms with E-state index in [1.54, 1.807) is 12.3 Å². The van der Waals surface area contributed by atoms with Crippen LogP contribution in [0, 0.1) is 5.92 Å². The van der Waals surface area contributed by atoms with Crippen molar-refractivity contribution in [1.82, 2.24) is 10.3 Å². The van der Waals surface area contributed by atoms with Crippen LogP contribution in [-0.2, 0) is 0 Å². The largest absolute Gasteiger partial charge is 0.351 e. The van der Waals surface area contributed by atoms with Crippen molar-refractivity contribution in [2.45, 2.75) is 18.2 Å². The third kappa shape index (κ3) is 2.87. The number of fused-ring (bicyclic) bond motifs is 1. The quantitative estimate of drug-likeness (QED) is 0.871. The number of rotatable bonds is 4. The Morgan fingerprint density at radius 3 is 3.05 bits per heavy atom. The molecule has 98 valence electrons. The van der Waals surface area contributed by atoms with Gasteiger partial charge in [0.1, 0.15) is 0 Å². The third-order valence-corrected chi connectivity index (χ3v) is 3.97. The van der Waals surface area contributed by atoms with E-state index in [-0.39, 0.29) is 11.3 Å². The van der Waals surface area contributed by atoms with Gasteiger partial charge in [-0.2, -0.15) is 0 Å². The molecule has 19 heavy (non-hydrogen) atoms. The Morgan fingerprint density at radius 1 is 1.42 bits per heavy atom. The van der Waals surface area contributed by atoms with Gasteiger partial charge in [-0.25, -0.2) is 0 Å². The first-order valence-corrected chi connectivity index (χ1v) is 6.95. The maximum atomic E-state index is 12.0. The lowest BCUT2D eigenvalue weighted by Gasteiger charge is -2.10. The first kappa shape index (κ1) is 12.4. The standard InChI is InChI=1S/C15H15ClN2O/c16-13(10-3-4-10)9-18-15(19)12-5-6-14-11(8-12)2-1-7-17-14/h1-2,5-8,10,13H,3-4,9H2,(H,18,19). The van der Waals surface area contributed by atoms with Crippen molar-refractivity contribution in [3.8, 4) is 0 Å². The number of carbonyl (C=O) groups excluding carboxylic acids is 1. The van der Waals surface area contributed by atoms with Crippen LogP contribution in [0.1, 0.15) is 23.2 Å². The molecular formula is C15H15ClN2O. The van der Waals surface area contributed by atoms with Crippen molar-refractivity contribution in [3.63, 3.8) is 0 Å². The lowest BCUT2D eigenvalue weighted by atomic mass is 10.1. The highest BCUT2D eigenvalue weighted by molar-refractivity contribution is 6.21. The number of nitrogens with one attached hydrogen (secondary N) is 1. The molecule has 1 atom stereocenters. The summed E-state index contributed by atoms with van der Waals surface area (Å²) < 4.78 is 0. The molecule has 1 aliphatic carbocycles. The minimum Gasteiger partial charge on any atom is -0.351 e. The lowest BCUT2D eigenvalue weighted by molar-refractivity contribution is 0.0953. The Morgan fingerprint density at radius 2 is 2.26 bits per heavy atom. The van der Waals surface area contributed by atoms with E-state index in [1.165, 1.54) is 12.8 Å². The zero-order valence-electron chi connectivity index (χ0n) is 10.5. The first-order valence-electron chi connectivity index (χ1n) is 6.51. The van der Waals surface area contributed by atoms with Crippen molar-refractivity contribution in [2.75, 3.05) is 6.54 Å². The van der Waals surface area contributed by atoms with Gasteiger partial charge in [0.2, 0.25) is 0 Å². The topological polar surface area (TPSA) is 42.0 Å². The monoisotopic (exact) mass is 274 g/mol. The molecule has 0 saturated heterocycles. The fourth-order valence-electron chi connectivity index (χ4n) is 2.13. The Bertz CT molecular complexity index is 610. The first-order chi connectivity index (χ1) is 9.24. The number of pyridine rings is 1. The number of benzene rings is 1. The fourth-order valence-corrected chi connectivity index (χ4v) is 2.46. The number of hydrogen-bond donors (Lipinski definition) is 1. The summed E-state index contributed by atoms with van der Waals surface area (Å²) in [7, 11) is 0. The van der Waals surface area contributed by atoms with Gasteiger partial charge in [-0.1, -0.05) is 6.07 Å². The molecule has 1 aromatic carbocycles. The van der Waals surface area contributed by atoms with Gasteiger partial charge in [0, 0.05) is 23.7 Å². The molecule has 4 heteroatoms. The Kier molecular flexibility index (Phi) is 3.38. The summed E-state index contributed by atoms with van der Waals surface area (Å²) in [5.41, 5.74) is 1.55. The summed E-state index contributed by atoms with van der Waals surface area (Å²) >= 11 is 6.18. The molecule has 1 fully saturated rings. The van der Waals surface area contributed by atoms with Crippen LogP contribution < -0.4 is 5.32 Å². The molecule has 0 aliphatic heterocycles. The van der Waals surface area contributed by atoms with Gasteiger partial charge in [0.05, 0.1) is 10.9 Å². The molecule has 3 rings (SSSR count). The molecule has 3 nitrogen and oxygen atoms in total. The van der Waals surface area contributed by atoms with E-state index in [9.17, 15) is 4.79 Å². The third-order valence-electron chi connectivity index (χ3n) is 3.46. The average Bonchev–Trinajstić information content (AvgIpc) is 3.28. The maximum absolute atomic E-state index is 12.0. The van der Waals surface area contributed by atoms with E-state index in [0.717, 1.165) is 10.9 Å². The van der Waals surface area contributed by atoms with Gasteiger partial charge in [-0.05, 0) is 43.0 Å². The van der Waals surface area contributed by atoms with Gasteiger partial charge in [0.15, 0.2) is 0 Å². The van der Waals surface area contributed by atoms with Crippen LogP contribution in [0.15, 0.2) is 36.5 Å². The van der Waals surface area contributed by atoms with Crippen LogP contribution in [0.2, 0.25) is 0 Å². The Hall–Kier alpha value is -1.61. The second kappa shape index (κ2) is 5.17. The van der Waals surface area contributed by atoms with Gasteiger partial charge in [-0.15, -0.1) is 11.6 Å². The molecule has 0 radical (unpaired) electrons. The van der Waals surface area contributed by atoms with Gasteiger partial charge in [-0.3, -0.25) is 9.78 Å². The van der Waals surface area contributed by atoms with E-state index in [2.05, 4.69) is 10.3 Å². The predicted octanol–water partition coefficient (Wildman–Crippen LogP) is 2.98. The molecule has 1 unspecified atom stereocenters. The molecule has 0 bridgehead atoms. The number of alkyl halides is 1. The fraction of sp³-hybridized carbons (Fsp3) is 0.333.